The molecule has 0 aliphatic heterocycles. The molecule has 1 rings (SSSR count). The highest BCUT2D eigenvalue weighted by Crippen LogP contribution is 2.30. The molecule has 0 saturated carbocycles. The highest BCUT2D eigenvalue weighted by molar-refractivity contribution is 7.92. The Morgan fingerprint density at radius 2 is 2.05 bits per heavy atom. The van der Waals surface area contributed by atoms with E-state index in [0.717, 1.165) is 0 Å². The minimum Gasteiger partial charge on any atom is -0.493 e. The smallest absolute Gasteiger partial charge is 0.232 e. The van der Waals surface area contributed by atoms with Crippen molar-refractivity contribution in [3.63, 3.8) is 0 Å². The van der Waals surface area contributed by atoms with Crippen LogP contribution in [0.1, 0.15) is 12.8 Å². The Labute approximate surface area is 130 Å². The van der Waals surface area contributed by atoms with Gasteiger partial charge >= 0.3 is 0 Å². The molecule has 8 heteroatoms. The van der Waals surface area contributed by atoms with E-state index in [-0.39, 0.29) is 19.0 Å². The lowest BCUT2D eigenvalue weighted by atomic mass is 10.3. The van der Waals surface area contributed by atoms with Crippen molar-refractivity contribution in [2.24, 2.45) is 0 Å². The van der Waals surface area contributed by atoms with E-state index in [1.807, 2.05) is 0 Å². The molecule has 1 aromatic carbocycles. The molecule has 1 aromatic rings. The Kier molecular flexibility index (Phi) is 7.63. The maximum atomic E-state index is 11.9. The van der Waals surface area contributed by atoms with Gasteiger partial charge in [-0.2, -0.15) is 0 Å². The fourth-order valence-corrected chi connectivity index (χ4v) is 2.99. The zero-order valence-electron chi connectivity index (χ0n) is 11.8. The van der Waals surface area contributed by atoms with Crippen LogP contribution in [-0.2, 0) is 10.0 Å². The van der Waals surface area contributed by atoms with Crippen LogP contribution in [-0.4, -0.2) is 45.5 Å². The number of nitrogens with one attached hydrogen (secondary N) is 1. The predicted octanol–water partition coefficient (Wildman–Crippen LogP) is 1.83. The highest BCUT2D eigenvalue weighted by Gasteiger charge is 2.12. The van der Waals surface area contributed by atoms with E-state index in [1.54, 1.807) is 12.1 Å². The lowest BCUT2D eigenvalue weighted by Gasteiger charge is -2.13. The number of halogens is 1. The van der Waals surface area contributed by atoms with Gasteiger partial charge in [0.15, 0.2) is 11.5 Å². The standard InChI is InChI=1S/C13H20ClNO5S/c1-19-12-5-4-11(10-13(12)20-8-7-16)15-21(17,18)9-3-2-6-14/h4-5,10,15-16H,2-3,6-9H2,1H3. The molecule has 0 unspecified atom stereocenters. The van der Waals surface area contributed by atoms with Gasteiger partial charge in [0, 0.05) is 11.9 Å². The molecule has 0 radical (unpaired) electrons. The van der Waals surface area contributed by atoms with E-state index in [9.17, 15) is 8.42 Å². The largest absolute Gasteiger partial charge is 0.493 e. The number of hydrogen-bond donors (Lipinski definition) is 2. The number of sulfonamides is 1. The lowest BCUT2D eigenvalue weighted by Crippen LogP contribution is -2.17. The summed E-state index contributed by atoms with van der Waals surface area (Å²) in [5, 5.41) is 8.78. The molecule has 0 amide bonds. The molecule has 0 aliphatic carbocycles. The number of hydrogen-bond acceptors (Lipinski definition) is 5. The fraction of sp³-hybridized carbons (Fsp3) is 0.538. The molecule has 21 heavy (non-hydrogen) atoms. The van der Waals surface area contributed by atoms with E-state index in [2.05, 4.69) is 4.72 Å². The maximum Gasteiger partial charge on any atom is 0.232 e. The summed E-state index contributed by atoms with van der Waals surface area (Å²) in [5.41, 5.74) is 0.384. The molecule has 0 fully saturated rings. The second-order valence-corrected chi connectivity index (χ2v) is 6.47. The minimum atomic E-state index is -3.42. The summed E-state index contributed by atoms with van der Waals surface area (Å²) in [6.45, 7) is -0.0418. The van der Waals surface area contributed by atoms with Crippen molar-refractivity contribution in [3.8, 4) is 11.5 Å². The summed E-state index contributed by atoms with van der Waals surface area (Å²) < 4.78 is 36.7. The second kappa shape index (κ2) is 8.96. The van der Waals surface area contributed by atoms with Gasteiger partial charge in [0.2, 0.25) is 10.0 Å². The molecular formula is C13H20ClNO5S. The average molecular weight is 338 g/mol. The topological polar surface area (TPSA) is 84.9 Å². The molecule has 0 heterocycles. The predicted molar refractivity (Wildman–Crippen MR) is 82.9 cm³/mol. The van der Waals surface area contributed by atoms with E-state index in [4.69, 9.17) is 26.2 Å². The molecule has 2 N–H and O–H groups in total. The normalized spacial score (nSPS) is 11.2. The minimum absolute atomic E-state index is 0.0125. The van der Waals surface area contributed by atoms with Crippen LogP contribution in [0.15, 0.2) is 18.2 Å². The fourth-order valence-electron chi connectivity index (χ4n) is 1.63. The number of anilines is 1. The molecule has 0 atom stereocenters. The highest BCUT2D eigenvalue weighted by atomic mass is 35.5. The number of aliphatic hydroxyl groups excluding tert-OH is 1. The second-order valence-electron chi connectivity index (χ2n) is 4.25. The number of rotatable bonds is 10. The summed E-state index contributed by atoms with van der Waals surface area (Å²) >= 11 is 5.53. The quantitative estimate of drug-likeness (QED) is 0.502. The first-order valence-corrected chi connectivity index (χ1v) is 8.69. The maximum absolute atomic E-state index is 11.9. The molecule has 0 aromatic heterocycles. The molecule has 0 aliphatic rings. The van der Waals surface area contributed by atoms with Gasteiger partial charge in [0.05, 0.1) is 25.2 Å². The average Bonchev–Trinajstić information content (AvgIpc) is 2.45. The van der Waals surface area contributed by atoms with Crippen molar-refractivity contribution in [2.45, 2.75) is 12.8 Å². The summed E-state index contributed by atoms with van der Waals surface area (Å²) in [5.74, 6) is 1.29. The molecule has 6 nitrogen and oxygen atoms in total. The van der Waals surface area contributed by atoms with Gasteiger partial charge in [-0.3, -0.25) is 4.72 Å². The third kappa shape index (κ3) is 6.41. The first-order valence-electron chi connectivity index (χ1n) is 6.50. The molecule has 0 spiro atoms. The Bertz CT molecular complexity index is 535. The van der Waals surface area contributed by atoms with E-state index < -0.39 is 10.0 Å². The van der Waals surface area contributed by atoms with Gasteiger partial charge in [0.1, 0.15) is 6.61 Å². The van der Waals surface area contributed by atoms with Gasteiger partial charge in [-0.05, 0) is 25.0 Å². The van der Waals surface area contributed by atoms with E-state index in [0.29, 0.717) is 35.9 Å². The zero-order chi connectivity index (χ0) is 15.7. The Morgan fingerprint density at radius 1 is 1.29 bits per heavy atom. The summed E-state index contributed by atoms with van der Waals surface area (Å²) in [7, 11) is -1.93. The summed E-state index contributed by atoms with van der Waals surface area (Å²) in [6.07, 6.45) is 1.15. The van der Waals surface area contributed by atoms with Crippen molar-refractivity contribution < 1.29 is 23.0 Å². The van der Waals surface area contributed by atoms with Crippen LogP contribution in [0.5, 0.6) is 11.5 Å². The molecule has 0 saturated heterocycles. The van der Waals surface area contributed by atoms with Crippen molar-refractivity contribution in [1.82, 2.24) is 0 Å². The number of alkyl halides is 1. The van der Waals surface area contributed by atoms with Crippen molar-refractivity contribution in [3.05, 3.63) is 18.2 Å². The van der Waals surface area contributed by atoms with Gasteiger partial charge in [-0.15, -0.1) is 11.6 Å². The zero-order valence-corrected chi connectivity index (χ0v) is 13.4. The number of benzene rings is 1. The number of unbranched alkanes of at least 4 members (excludes halogenated alkanes) is 1. The van der Waals surface area contributed by atoms with Crippen molar-refractivity contribution in [1.29, 1.82) is 0 Å². The van der Waals surface area contributed by atoms with Crippen LogP contribution in [0.2, 0.25) is 0 Å². The molecule has 120 valence electrons. The number of ether oxygens (including phenoxy) is 2. The Morgan fingerprint density at radius 3 is 2.67 bits per heavy atom. The Balaban J connectivity index is 2.78. The Hall–Kier alpha value is -1.18. The monoisotopic (exact) mass is 337 g/mol. The van der Waals surface area contributed by atoms with Crippen LogP contribution >= 0.6 is 11.6 Å². The first-order chi connectivity index (χ1) is 10.0. The van der Waals surface area contributed by atoms with Crippen molar-refractivity contribution >= 4 is 27.3 Å². The summed E-state index contributed by atoms with van der Waals surface area (Å²) in [6, 6.07) is 4.71. The van der Waals surface area contributed by atoms with Crippen molar-refractivity contribution in [2.75, 3.05) is 36.7 Å². The lowest BCUT2D eigenvalue weighted by molar-refractivity contribution is 0.196. The SMILES string of the molecule is COc1ccc(NS(=O)(=O)CCCCCl)cc1OCCO. The van der Waals surface area contributed by atoms with Crippen LogP contribution in [0, 0.1) is 0 Å². The molecule has 0 bridgehead atoms. The van der Waals surface area contributed by atoms with E-state index in [1.165, 1.54) is 13.2 Å². The van der Waals surface area contributed by atoms with Gasteiger partial charge in [-0.25, -0.2) is 8.42 Å². The third-order valence-corrected chi connectivity index (χ3v) is 4.22. The van der Waals surface area contributed by atoms with Gasteiger partial charge in [0.25, 0.3) is 0 Å². The first kappa shape index (κ1) is 17.9. The van der Waals surface area contributed by atoms with E-state index >= 15 is 0 Å². The van der Waals surface area contributed by atoms with Gasteiger partial charge < -0.3 is 14.6 Å². The van der Waals surface area contributed by atoms with Crippen LogP contribution in [0.4, 0.5) is 5.69 Å². The number of methoxy groups -OCH3 is 1. The van der Waals surface area contributed by atoms with Crippen LogP contribution < -0.4 is 14.2 Å². The van der Waals surface area contributed by atoms with Gasteiger partial charge in [-0.1, -0.05) is 0 Å². The van der Waals surface area contributed by atoms with Crippen LogP contribution in [0.25, 0.3) is 0 Å². The number of aliphatic hydroxyl groups is 1. The summed E-state index contributed by atoms with van der Waals surface area (Å²) in [4.78, 5) is 0. The molecular weight excluding hydrogens is 318 g/mol. The van der Waals surface area contributed by atoms with Crippen LogP contribution in [0.3, 0.4) is 0 Å². The third-order valence-electron chi connectivity index (χ3n) is 2.58.